The second kappa shape index (κ2) is 13.7. The molecule has 0 radical (unpaired) electrons. The molecule has 2 aromatic carbocycles. The Labute approximate surface area is 241 Å². The molecule has 222 valence electrons. The van der Waals surface area contributed by atoms with Crippen molar-refractivity contribution in [2.75, 3.05) is 39.3 Å². The zero-order valence-corrected chi connectivity index (χ0v) is 23.0. The lowest BCUT2D eigenvalue weighted by Crippen LogP contribution is -2.62. The fraction of sp³-hybridized carbons (Fsp3) is 0.357. The van der Waals surface area contributed by atoms with Gasteiger partial charge in [-0.2, -0.15) is 0 Å². The number of benzene rings is 2. The van der Waals surface area contributed by atoms with Gasteiger partial charge in [0, 0.05) is 26.9 Å². The average molecular weight is 583 g/mol. The van der Waals surface area contributed by atoms with Gasteiger partial charge >= 0.3 is 24.8 Å². The van der Waals surface area contributed by atoms with Crippen molar-refractivity contribution in [3.05, 3.63) is 60.7 Å². The summed E-state index contributed by atoms with van der Waals surface area (Å²) in [6.45, 7) is 1.86. The van der Waals surface area contributed by atoms with Crippen LogP contribution in [0.15, 0.2) is 60.7 Å². The number of ether oxygens (including phenoxy) is 4. The minimum absolute atomic E-state index is 0.178. The fourth-order valence-electron chi connectivity index (χ4n) is 4.30. The maximum Gasteiger partial charge on any atom is 0.338 e. The van der Waals surface area contributed by atoms with Crippen LogP contribution in [0, 0.1) is 0 Å². The molecule has 4 rings (SSSR count). The average Bonchev–Trinajstić information content (AvgIpc) is 2.91. The van der Waals surface area contributed by atoms with Crippen LogP contribution in [0.4, 0.5) is 0 Å². The molecular formula is C28H30N4O10. The van der Waals surface area contributed by atoms with Gasteiger partial charge in [-0.15, -0.1) is 0 Å². The van der Waals surface area contributed by atoms with Crippen LogP contribution in [0.3, 0.4) is 0 Å². The largest absolute Gasteiger partial charge is 0.437 e. The molecule has 2 aliphatic heterocycles. The molecule has 0 N–H and O–H groups in total. The van der Waals surface area contributed by atoms with Crippen molar-refractivity contribution >= 4 is 35.6 Å². The lowest BCUT2D eigenvalue weighted by molar-refractivity contribution is -0.205. The quantitative estimate of drug-likeness (QED) is 0.202. The Kier molecular flexibility index (Phi) is 9.83. The van der Waals surface area contributed by atoms with E-state index in [1.54, 1.807) is 70.5 Å². The Morgan fingerprint density at radius 3 is 1.19 bits per heavy atom. The van der Waals surface area contributed by atoms with Gasteiger partial charge < -0.3 is 18.9 Å². The Morgan fingerprint density at radius 2 is 0.905 bits per heavy atom. The summed E-state index contributed by atoms with van der Waals surface area (Å²) in [5.41, 5.74) is 0. The number of nitrogens with zero attached hydrogens (tertiary/aromatic N) is 4. The predicted octanol–water partition coefficient (Wildman–Crippen LogP) is 0.179. The van der Waals surface area contributed by atoms with E-state index in [9.17, 15) is 28.8 Å². The standard InChI is InChI=1S/C28H30N4O10/c1-19(33)39-27(41-21-9-5-3-6-10-21)31-23(35)15-29(16-24(31)36)13-14-30-17-25(37)32(26(38)18-30)28(40-20(2)34)42-22-11-7-4-8-12-22/h3-12,27-28H,13-18H2,1-2H3. The summed E-state index contributed by atoms with van der Waals surface area (Å²) < 4.78 is 21.4. The highest BCUT2D eigenvalue weighted by Crippen LogP contribution is 2.19. The molecule has 4 amide bonds. The lowest BCUT2D eigenvalue weighted by atomic mass is 10.2. The van der Waals surface area contributed by atoms with E-state index < -0.39 is 48.4 Å². The number of hydrogen-bond donors (Lipinski definition) is 0. The van der Waals surface area contributed by atoms with Crippen molar-refractivity contribution in [2.24, 2.45) is 0 Å². The van der Waals surface area contributed by atoms with E-state index in [0.717, 1.165) is 23.6 Å². The second-order valence-corrected chi connectivity index (χ2v) is 9.43. The lowest BCUT2D eigenvalue weighted by Gasteiger charge is -2.38. The highest BCUT2D eigenvalue weighted by atomic mass is 16.7. The number of para-hydroxylation sites is 2. The minimum Gasteiger partial charge on any atom is -0.437 e. The third kappa shape index (κ3) is 7.89. The molecule has 2 heterocycles. The van der Waals surface area contributed by atoms with Gasteiger partial charge in [-0.1, -0.05) is 36.4 Å². The van der Waals surface area contributed by atoms with Crippen LogP contribution in [0.5, 0.6) is 11.5 Å². The molecule has 0 aromatic heterocycles. The van der Waals surface area contributed by atoms with Crippen molar-refractivity contribution in [3.63, 3.8) is 0 Å². The van der Waals surface area contributed by atoms with Crippen LogP contribution in [0.1, 0.15) is 13.8 Å². The van der Waals surface area contributed by atoms with Crippen molar-refractivity contribution in [2.45, 2.75) is 26.7 Å². The topological polar surface area (TPSA) is 152 Å². The molecule has 14 heteroatoms. The Bertz CT molecular complexity index is 1180. The first-order chi connectivity index (χ1) is 20.1. The molecule has 0 spiro atoms. The van der Waals surface area contributed by atoms with Crippen molar-refractivity contribution in [1.29, 1.82) is 0 Å². The van der Waals surface area contributed by atoms with Crippen LogP contribution in [0.25, 0.3) is 0 Å². The van der Waals surface area contributed by atoms with Gasteiger partial charge in [0.05, 0.1) is 26.2 Å². The third-order valence-electron chi connectivity index (χ3n) is 6.16. The van der Waals surface area contributed by atoms with E-state index in [1.807, 2.05) is 0 Å². The monoisotopic (exact) mass is 582 g/mol. The van der Waals surface area contributed by atoms with Gasteiger partial charge in [0.15, 0.2) is 0 Å². The van der Waals surface area contributed by atoms with Crippen LogP contribution < -0.4 is 9.47 Å². The van der Waals surface area contributed by atoms with Gasteiger partial charge in [0.2, 0.25) is 23.6 Å². The van der Waals surface area contributed by atoms with E-state index in [0.29, 0.717) is 11.5 Å². The minimum atomic E-state index is -1.57. The molecule has 0 saturated carbocycles. The molecule has 0 bridgehead atoms. The molecule has 2 saturated heterocycles. The number of rotatable bonds is 11. The highest BCUT2D eigenvalue weighted by Gasteiger charge is 2.41. The first-order valence-electron chi connectivity index (χ1n) is 13.0. The molecule has 2 aromatic rings. The van der Waals surface area contributed by atoms with E-state index >= 15 is 0 Å². The predicted molar refractivity (Wildman–Crippen MR) is 142 cm³/mol. The van der Waals surface area contributed by atoms with E-state index in [1.165, 1.54) is 0 Å². The molecular weight excluding hydrogens is 552 g/mol. The summed E-state index contributed by atoms with van der Waals surface area (Å²) in [4.78, 5) is 79.7. The summed E-state index contributed by atoms with van der Waals surface area (Å²) >= 11 is 0. The van der Waals surface area contributed by atoms with E-state index in [-0.39, 0.29) is 39.3 Å². The summed E-state index contributed by atoms with van der Waals surface area (Å²) in [6.07, 6.45) is -3.14. The number of hydrogen-bond acceptors (Lipinski definition) is 12. The van der Waals surface area contributed by atoms with Gasteiger partial charge in [0.1, 0.15) is 11.5 Å². The molecule has 42 heavy (non-hydrogen) atoms. The number of imide groups is 2. The molecule has 2 fully saturated rings. The summed E-state index contributed by atoms with van der Waals surface area (Å²) in [5.74, 6) is -3.47. The molecule has 14 nitrogen and oxygen atoms in total. The normalized spacial score (nSPS) is 18.0. The summed E-state index contributed by atoms with van der Waals surface area (Å²) in [7, 11) is 0. The van der Waals surface area contributed by atoms with Crippen LogP contribution in [0.2, 0.25) is 0 Å². The first-order valence-corrected chi connectivity index (χ1v) is 13.0. The second-order valence-electron chi connectivity index (χ2n) is 9.43. The van der Waals surface area contributed by atoms with Gasteiger partial charge in [-0.3, -0.25) is 38.6 Å². The Balaban J connectivity index is 1.34. The molecule has 2 aliphatic rings. The highest BCUT2D eigenvalue weighted by molar-refractivity contribution is 6.00. The smallest absolute Gasteiger partial charge is 0.338 e. The SMILES string of the molecule is CC(=O)OC(Oc1ccccc1)N1C(=O)CN(CCN2CC(=O)N(C(OC(C)=O)Oc3ccccc3)C(=O)C2)CC1=O. The van der Waals surface area contributed by atoms with E-state index in [4.69, 9.17) is 18.9 Å². The zero-order chi connectivity index (χ0) is 30.2. The van der Waals surface area contributed by atoms with Crippen molar-refractivity contribution < 1.29 is 47.7 Å². The Hall–Kier alpha value is -4.82. The fourth-order valence-corrected chi connectivity index (χ4v) is 4.30. The number of carbonyl (C=O) groups is 6. The van der Waals surface area contributed by atoms with Crippen molar-refractivity contribution in [3.8, 4) is 11.5 Å². The van der Waals surface area contributed by atoms with Gasteiger partial charge in [-0.25, -0.2) is 9.80 Å². The van der Waals surface area contributed by atoms with Gasteiger partial charge in [-0.05, 0) is 24.3 Å². The van der Waals surface area contributed by atoms with E-state index in [2.05, 4.69) is 0 Å². The van der Waals surface area contributed by atoms with Crippen LogP contribution in [-0.4, -0.2) is 107 Å². The third-order valence-corrected chi connectivity index (χ3v) is 6.16. The number of piperazine rings is 2. The summed E-state index contributed by atoms with van der Waals surface area (Å²) in [6, 6.07) is 16.6. The summed E-state index contributed by atoms with van der Waals surface area (Å²) in [5, 5.41) is 0. The van der Waals surface area contributed by atoms with Gasteiger partial charge in [0.25, 0.3) is 0 Å². The molecule has 2 unspecified atom stereocenters. The first kappa shape index (κ1) is 30.1. The van der Waals surface area contributed by atoms with Crippen LogP contribution >= 0.6 is 0 Å². The zero-order valence-electron chi connectivity index (χ0n) is 23.0. The number of amides is 4. The maximum absolute atomic E-state index is 12.9. The van der Waals surface area contributed by atoms with Crippen molar-refractivity contribution in [1.82, 2.24) is 19.6 Å². The number of carbonyl (C=O) groups excluding carboxylic acids is 6. The Morgan fingerprint density at radius 1 is 0.595 bits per heavy atom. The number of esters is 2. The molecule has 0 aliphatic carbocycles. The van der Waals surface area contributed by atoms with Crippen LogP contribution in [-0.2, 0) is 38.2 Å². The molecule has 2 atom stereocenters. The maximum atomic E-state index is 12.9.